The van der Waals surface area contributed by atoms with Crippen LogP contribution in [0.3, 0.4) is 0 Å². The van der Waals surface area contributed by atoms with Crippen LogP contribution in [0, 0.1) is 5.41 Å². The Morgan fingerprint density at radius 3 is 2.60 bits per heavy atom. The van der Waals surface area contributed by atoms with Gasteiger partial charge in [-0.05, 0) is 49.4 Å². The summed E-state index contributed by atoms with van der Waals surface area (Å²) in [6, 6.07) is 5.89. The summed E-state index contributed by atoms with van der Waals surface area (Å²) in [5.74, 6) is 1.75. The van der Waals surface area contributed by atoms with Gasteiger partial charge in [0.1, 0.15) is 0 Å². The lowest BCUT2D eigenvalue weighted by Crippen LogP contribution is -2.40. The predicted octanol–water partition coefficient (Wildman–Crippen LogP) is 3.48. The maximum absolute atomic E-state index is 12.9. The molecule has 25 heavy (non-hydrogen) atoms. The molecule has 2 aliphatic rings. The molecule has 0 radical (unpaired) electrons. The van der Waals surface area contributed by atoms with Crippen molar-refractivity contribution in [1.82, 2.24) is 4.90 Å². The molecule has 0 unspecified atom stereocenters. The molecule has 0 bridgehead atoms. The third kappa shape index (κ3) is 4.59. The van der Waals surface area contributed by atoms with Gasteiger partial charge in [-0.25, -0.2) is 0 Å². The van der Waals surface area contributed by atoms with Gasteiger partial charge in [-0.15, -0.1) is 12.4 Å². The number of hydrogen-bond donors (Lipinski definition) is 1. The van der Waals surface area contributed by atoms with Crippen LogP contribution in [-0.4, -0.2) is 30.7 Å². The van der Waals surface area contributed by atoms with Gasteiger partial charge in [0.05, 0.1) is 0 Å². The normalized spacial score (nSPS) is 17.7. The van der Waals surface area contributed by atoms with E-state index < -0.39 is 0 Å². The molecule has 1 aliphatic heterocycles. The fourth-order valence-electron chi connectivity index (χ4n) is 3.82. The summed E-state index contributed by atoms with van der Waals surface area (Å²) < 4.78 is 10.8. The van der Waals surface area contributed by atoms with Gasteiger partial charge in [0.15, 0.2) is 11.5 Å². The van der Waals surface area contributed by atoms with E-state index in [-0.39, 0.29) is 30.5 Å². The second-order valence-corrected chi connectivity index (χ2v) is 7.04. The summed E-state index contributed by atoms with van der Waals surface area (Å²) in [7, 11) is 0. The molecule has 1 fully saturated rings. The SMILES string of the molecule is CCN(Cc1ccc2c(c1)OCO2)C(=O)CC1(CN)CCCCC1.Cl. The fourth-order valence-corrected chi connectivity index (χ4v) is 3.82. The molecule has 3 rings (SSSR count). The number of carbonyl (C=O) groups is 1. The van der Waals surface area contributed by atoms with Crippen molar-refractivity contribution in [3.8, 4) is 11.5 Å². The number of rotatable bonds is 6. The highest BCUT2D eigenvalue weighted by atomic mass is 35.5. The molecule has 0 spiro atoms. The maximum Gasteiger partial charge on any atom is 0.231 e. The van der Waals surface area contributed by atoms with Crippen molar-refractivity contribution in [1.29, 1.82) is 0 Å². The largest absolute Gasteiger partial charge is 0.454 e. The van der Waals surface area contributed by atoms with E-state index in [9.17, 15) is 4.79 Å². The number of ether oxygens (including phenoxy) is 2. The van der Waals surface area contributed by atoms with Gasteiger partial charge < -0.3 is 20.1 Å². The molecular weight excluding hydrogens is 340 g/mol. The summed E-state index contributed by atoms with van der Waals surface area (Å²) in [5.41, 5.74) is 7.12. The zero-order chi connectivity index (χ0) is 17.0. The molecule has 2 N–H and O–H groups in total. The Labute approximate surface area is 156 Å². The molecule has 0 atom stereocenters. The van der Waals surface area contributed by atoms with Crippen molar-refractivity contribution in [2.45, 2.75) is 52.0 Å². The van der Waals surface area contributed by atoms with Crippen molar-refractivity contribution in [3.63, 3.8) is 0 Å². The summed E-state index contributed by atoms with van der Waals surface area (Å²) >= 11 is 0. The number of benzene rings is 1. The highest BCUT2D eigenvalue weighted by molar-refractivity contribution is 5.85. The monoisotopic (exact) mass is 368 g/mol. The number of hydrogen-bond acceptors (Lipinski definition) is 4. The van der Waals surface area contributed by atoms with Crippen LogP contribution >= 0.6 is 12.4 Å². The molecule has 0 aromatic heterocycles. The van der Waals surface area contributed by atoms with Crippen molar-refractivity contribution < 1.29 is 14.3 Å². The molecular formula is C19H29ClN2O3. The first-order chi connectivity index (χ1) is 11.7. The number of carbonyl (C=O) groups excluding carboxylic acids is 1. The second kappa shape index (κ2) is 8.77. The van der Waals surface area contributed by atoms with E-state index in [4.69, 9.17) is 15.2 Å². The van der Waals surface area contributed by atoms with Crippen molar-refractivity contribution in [2.24, 2.45) is 11.1 Å². The van der Waals surface area contributed by atoms with Crippen LogP contribution in [0.15, 0.2) is 18.2 Å². The standard InChI is InChI=1S/C19H28N2O3.ClH/c1-2-21(12-15-6-7-16-17(10-15)24-14-23-16)18(22)11-19(13-20)8-4-3-5-9-19;/h6-7,10H,2-5,8-9,11-14,20H2,1H3;1H. The molecule has 1 aliphatic carbocycles. The summed E-state index contributed by atoms with van der Waals surface area (Å²) in [6.45, 7) is 4.22. The quantitative estimate of drug-likeness (QED) is 0.834. The zero-order valence-electron chi connectivity index (χ0n) is 15.0. The highest BCUT2D eigenvalue weighted by Gasteiger charge is 2.34. The Morgan fingerprint density at radius 1 is 1.20 bits per heavy atom. The van der Waals surface area contributed by atoms with Gasteiger partial charge in [-0.2, -0.15) is 0 Å². The summed E-state index contributed by atoms with van der Waals surface area (Å²) in [6.07, 6.45) is 6.39. The van der Waals surface area contributed by atoms with E-state index in [0.29, 0.717) is 26.1 Å². The Hall–Kier alpha value is -1.46. The van der Waals surface area contributed by atoms with E-state index in [1.54, 1.807) is 0 Å². The molecule has 1 saturated carbocycles. The van der Waals surface area contributed by atoms with Gasteiger partial charge >= 0.3 is 0 Å². The van der Waals surface area contributed by atoms with Crippen molar-refractivity contribution in [3.05, 3.63) is 23.8 Å². The topological polar surface area (TPSA) is 64.8 Å². The molecule has 140 valence electrons. The number of nitrogens with zero attached hydrogens (tertiary/aromatic N) is 1. The average molecular weight is 369 g/mol. The first-order valence-corrected chi connectivity index (χ1v) is 9.02. The van der Waals surface area contributed by atoms with Gasteiger partial charge in [-0.3, -0.25) is 4.79 Å². The van der Waals surface area contributed by atoms with Crippen LogP contribution in [0.4, 0.5) is 0 Å². The first kappa shape index (κ1) is 19.9. The molecule has 1 amide bonds. The fraction of sp³-hybridized carbons (Fsp3) is 0.632. The summed E-state index contributed by atoms with van der Waals surface area (Å²) in [5, 5.41) is 0. The minimum Gasteiger partial charge on any atom is -0.454 e. The van der Waals surface area contributed by atoms with E-state index in [1.807, 2.05) is 30.0 Å². The maximum atomic E-state index is 12.9. The minimum absolute atomic E-state index is 0. The molecule has 1 heterocycles. The summed E-state index contributed by atoms with van der Waals surface area (Å²) in [4.78, 5) is 14.8. The van der Waals surface area contributed by atoms with Crippen molar-refractivity contribution >= 4 is 18.3 Å². The molecule has 1 aromatic carbocycles. The number of halogens is 1. The average Bonchev–Trinajstić information content (AvgIpc) is 3.08. The minimum atomic E-state index is 0. The van der Waals surface area contributed by atoms with Crippen LogP contribution in [0.2, 0.25) is 0 Å². The Balaban J connectivity index is 0.00000225. The Bertz CT molecular complexity index is 588. The van der Waals surface area contributed by atoms with Crippen LogP contribution in [-0.2, 0) is 11.3 Å². The van der Waals surface area contributed by atoms with Gasteiger partial charge in [-0.1, -0.05) is 25.3 Å². The Morgan fingerprint density at radius 2 is 1.92 bits per heavy atom. The lowest BCUT2D eigenvalue weighted by Gasteiger charge is -2.37. The number of amides is 1. The number of nitrogens with two attached hydrogens (primary N) is 1. The lowest BCUT2D eigenvalue weighted by molar-refractivity contribution is -0.134. The molecule has 1 aromatic rings. The van der Waals surface area contributed by atoms with Gasteiger partial charge in [0.25, 0.3) is 0 Å². The van der Waals surface area contributed by atoms with E-state index in [2.05, 4.69) is 0 Å². The highest BCUT2D eigenvalue weighted by Crippen LogP contribution is 2.39. The lowest BCUT2D eigenvalue weighted by atomic mass is 9.71. The smallest absolute Gasteiger partial charge is 0.231 e. The predicted molar refractivity (Wildman–Crippen MR) is 100 cm³/mol. The van der Waals surface area contributed by atoms with E-state index >= 15 is 0 Å². The third-order valence-electron chi connectivity index (χ3n) is 5.42. The second-order valence-electron chi connectivity index (χ2n) is 7.04. The van der Waals surface area contributed by atoms with Crippen LogP contribution in [0.25, 0.3) is 0 Å². The third-order valence-corrected chi connectivity index (χ3v) is 5.42. The van der Waals surface area contributed by atoms with Gasteiger partial charge in [0, 0.05) is 19.5 Å². The van der Waals surface area contributed by atoms with Crippen molar-refractivity contribution in [2.75, 3.05) is 19.9 Å². The molecule has 5 nitrogen and oxygen atoms in total. The number of fused-ring (bicyclic) bond motifs is 1. The van der Waals surface area contributed by atoms with Gasteiger partial charge in [0.2, 0.25) is 12.7 Å². The van der Waals surface area contributed by atoms with E-state index in [1.165, 1.54) is 19.3 Å². The molecule has 0 saturated heterocycles. The van der Waals surface area contributed by atoms with Crippen LogP contribution in [0.5, 0.6) is 11.5 Å². The van der Waals surface area contributed by atoms with E-state index in [0.717, 1.165) is 29.9 Å². The first-order valence-electron chi connectivity index (χ1n) is 9.02. The van der Waals surface area contributed by atoms with Crippen LogP contribution in [0.1, 0.15) is 51.0 Å². The van der Waals surface area contributed by atoms with Crippen LogP contribution < -0.4 is 15.2 Å². The molecule has 6 heteroatoms. The Kier molecular flexibility index (Phi) is 6.96. The zero-order valence-corrected chi connectivity index (χ0v) is 15.8.